The first-order valence-electron chi connectivity index (χ1n) is 9.40. The number of hydrogen-bond acceptors (Lipinski definition) is 4. The standard InChI is InChI=1S/C19H34Br2O4/c1-15(2)11-7-5-9-13-24-17(22)19(20,21)18(23)25-14-10-6-8-12-16(3)4/h15-16H,5-14H2,1-4H3. The normalized spacial score (nSPS) is 11.8. The quantitative estimate of drug-likeness (QED) is 0.131. The number of rotatable bonds is 14. The van der Waals surface area contributed by atoms with Crippen LogP contribution in [0.3, 0.4) is 0 Å². The number of halogens is 2. The molecule has 0 bridgehead atoms. The van der Waals surface area contributed by atoms with Gasteiger partial charge >= 0.3 is 11.9 Å². The summed E-state index contributed by atoms with van der Waals surface area (Å²) >= 11 is 6.17. The van der Waals surface area contributed by atoms with Crippen LogP contribution < -0.4 is 0 Å². The van der Waals surface area contributed by atoms with Crippen molar-refractivity contribution < 1.29 is 19.1 Å². The van der Waals surface area contributed by atoms with Gasteiger partial charge in [0.2, 0.25) is 0 Å². The number of carbonyl (C=O) groups is 2. The monoisotopic (exact) mass is 484 g/mol. The molecule has 0 aliphatic rings. The summed E-state index contributed by atoms with van der Waals surface area (Å²) in [6.07, 6.45) is 8.26. The van der Waals surface area contributed by atoms with Crippen LogP contribution in [0.15, 0.2) is 0 Å². The van der Waals surface area contributed by atoms with Crippen molar-refractivity contribution in [1.82, 2.24) is 0 Å². The minimum atomic E-state index is -1.60. The molecule has 4 nitrogen and oxygen atoms in total. The van der Waals surface area contributed by atoms with Gasteiger partial charge in [0.1, 0.15) is 0 Å². The topological polar surface area (TPSA) is 52.6 Å². The molecule has 25 heavy (non-hydrogen) atoms. The van der Waals surface area contributed by atoms with E-state index in [4.69, 9.17) is 9.47 Å². The summed E-state index contributed by atoms with van der Waals surface area (Å²) < 4.78 is 8.74. The van der Waals surface area contributed by atoms with E-state index >= 15 is 0 Å². The van der Waals surface area contributed by atoms with Gasteiger partial charge in [-0.3, -0.25) is 0 Å². The Balaban J connectivity index is 3.90. The largest absolute Gasteiger partial charge is 0.464 e. The van der Waals surface area contributed by atoms with Crippen molar-refractivity contribution >= 4 is 43.8 Å². The zero-order chi connectivity index (χ0) is 19.3. The second kappa shape index (κ2) is 14.0. The molecule has 0 heterocycles. The SMILES string of the molecule is CC(C)CCCCCOC(=O)C(Br)(Br)C(=O)OCCCCCC(C)C. The lowest BCUT2D eigenvalue weighted by Crippen LogP contribution is -2.38. The zero-order valence-electron chi connectivity index (χ0n) is 16.1. The Bertz CT molecular complexity index is 348. The van der Waals surface area contributed by atoms with Crippen molar-refractivity contribution in [3.8, 4) is 0 Å². The summed E-state index contributed by atoms with van der Waals surface area (Å²) in [7, 11) is 0. The lowest BCUT2D eigenvalue weighted by atomic mass is 10.1. The third kappa shape index (κ3) is 12.8. The summed E-state index contributed by atoms with van der Waals surface area (Å²) in [4.78, 5) is 24.1. The van der Waals surface area contributed by atoms with Crippen LogP contribution in [0.2, 0.25) is 0 Å². The maximum atomic E-state index is 12.0. The van der Waals surface area contributed by atoms with Gasteiger partial charge in [0.25, 0.3) is 3.23 Å². The molecular formula is C19H34Br2O4. The van der Waals surface area contributed by atoms with E-state index in [1.807, 2.05) is 0 Å². The molecule has 148 valence electrons. The molecule has 0 fully saturated rings. The summed E-state index contributed by atoms with van der Waals surface area (Å²) in [5, 5.41) is 0. The molecule has 0 aromatic rings. The van der Waals surface area contributed by atoms with E-state index in [2.05, 4.69) is 59.6 Å². The van der Waals surface area contributed by atoms with Crippen LogP contribution in [0.4, 0.5) is 0 Å². The van der Waals surface area contributed by atoms with Crippen molar-refractivity contribution in [3.05, 3.63) is 0 Å². The second-order valence-corrected chi connectivity index (χ2v) is 10.8. The molecule has 0 saturated carbocycles. The van der Waals surface area contributed by atoms with E-state index in [1.54, 1.807) is 0 Å². The van der Waals surface area contributed by atoms with Crippen LogP contribution in [0.5, 0.6) is 0 Å². The molecule has 0 radical (unpaired) electrons. The summed E-state index contributed by atoms with van der Waals surface area (Å²) in [5.41, 5.74) is 0. The number of ether oxygens (including phenoxy) is 2. The van der Waals surface area contributed by atoms with Crippen molar-refractivity contribution in [2.75, 3.05) is 13.2 Å². The first-order chi connectivity index (χ1) is 11.7. The lowest BCUT2D eigenvalue weighted by Gasteiger charge is -2.17. The fourth-order valence-corrected chi connectivity index (χ4v) is 2.72. The number of carbonyl (C=O) groups excluding carboxylic acids is 2. The highest BCUT2D eigenvalue weighted by Crippen LogP contribution is 2.30. The Hall–Kier alpha value is -0.100. The van der Waals surface area contributed by atoms with Crippen LogP contribution in [0, 0.1) is 11.8 Å². The van der Waals surface area contributed by atoms with Crippen LogP contribution >= 0.6 is 31.9 Å². The van der Waals surface area contributed by atoms with Crippen LogP contribution in [0.25, 0.3) is 0 Å². The second-order valence-electron chi connectivity index (χ2n) is 7.33. The zero-order valence-corrected chi connectivity index (χ0v) is 19.3. The highest BCUT2D eigenvalue weighted by atomic mass is 79.9. The van der Waals surface area contributed by atoms with Gasteiger partial charge in [0, 0.05) is 0 Å². The maximum Gasteiger partial charge on any atom is 0.345 e. The number of alkyl halides is 2. The molecule has 0 rings (SSSR count). The van der Waals surface area contributed by atoms with Crippen molar-refractivity contribution in [1.29, 1.82) is 0 Å². The Morgan fingerprint density at radius 3 is 1.40 bits per heavy atom. The van der Waals surface area contributed by atoms with Gasteiger partial charge in [-0.1, -0.05) is 66.2 Å². The van der Waals surface area contributed by atoms with Gasteiger partial charge < -0.3 is 9.47 Å². The third-order valence-corrected chi connectivity index (χ3v) is 5.13. The van der Waals surface area contributed by atoms with E-state index in [9.17, 15) is 9.59 Å². The van der Waals surface area contributed by atoms with E-state index in [1.165, 1.54) is 12.8 Å². The molecule has 0 saturated heterocycles. The Morgan fingerprint density at radius 2 is 1.08 bits per heavy atom. The summed E-state index contributed by atoms with van der Waals surface area (Å²) in [6, 6.07) is 0. The fraction of sp³-hybridized carbons (Fsp3) is 0.895. The molecule has 0 N–H and O–H groups in total. The number of hydrogen-bond donors (Lipinski definition) is 0. The van der Waals surface area contributed by atoms with Crippen LogP contribution in [-0.4, -0.2) is 28.4 Å². The van der Waals surface area contributed by atoms with Crippen LogP contribution in [0.1, 0.15) is 79.1 Å². The molecule has 0 aliphatic heterocycles. The van der Waals surface area contributed by atoms with E-state index in [0.717, 1.165) is 38.5 Å². The minimum Gasteiger partial charge on any atom is -0.464 e. The maximum absolute atomic E-state index is 12.0. The van der Waals surface area contributed by atoms with E-state index in [0.29, 0.717) is 25.0 Å². The summed E-state index contributed by atoms with van der Waals surface area (Å²) in [6.45, 7) is 9.41. The highest BCUT2D eigenvalue weighted by molar-refractivity contribution is 9.26. The number of esters is 2. The van der Waals surface area contributed by atoms with E-state index < -0.39 is 15.2 Å². The Labute approximate surface area is 170 Å². The van der Waals surface area contributed by atoms with Gasteiger partial charge in [-0.25, -0.2) is 9.59 Å². The van der Waals surface area contributed by atoms with Gasteiger partial charge in [-0.15, -0.1) is 0 Å². The van der Waals surface area contributed by atoms with Crippen molar-refractivity contribution in [2.24, 2.45) is 11.8 Å². The van der Waals surface area contributed by atoms with Gasteiger partial charge in [0.05, 0.1) is 13.2 Å². The molecule has 0 spiro atoms. The minimum absolute atomic E-state index is 0.318. The molecule has 0 aromatic heterocycles. The smallest absolute Gasteiger partial charge is 0.345 e. The lowest BCUT2D eigenvalue weighted by molar-refractivity contribution is -0.154. The Kier molecular flexibility index (Phi) is 14.0. The average molecular weight is 486 g/mol. The predicted molar refractivity (Wildman–Crippen MR) is 109 cm³/mol. The Morgan fingerprint density at radius 1 is 0.720 bits per heavy atom. The van der Waals surface area contributed by atoms with Crippen molar-refractivity contribution in [2.45, 2.75) is 82.3 Å². The van der Waals surface area contributed by atoms with E-state index in [-0.39, 0.29) is 0 Å². The fourth-order valence-electron chi connectivity index (χ4n) is 2.26. The predicted octanol–water partition coefficient (Wildman–Crippen LogP) is 5.99. The molecule has 0 aliphatic carbocycles. The molecule has 0 unspecified atom stereocenters. The molecule has 0 amide bonds. The first-order valence-corrected chi connectivity index (χ1v) is 11.0. The molecule has 0 atom stereocenters. The van der Waals surface area contributed by atoms with Gasteiger partial charge in [-0.05, 0) is 56.5 Å². The molecule has 0 aromatic carbocycles. The van der Waals surface area contributed by atoms with Crippen molar-refractivity contribution in [3.63, 3.8) is 0 Å². The third-order valence-electron chi connectivity index (χ3n) is 3.83. The van der Waals surface area contributed by atoms with Gasteiger partial charge in [0.15, 0.2) is 0 Å². The highest BCUT2D eigenvalue weighted by Gasteiger charge is 2.44. The molecule has 6 heteroatoms. The summed E-state index contributed by atoms with van der Waals surface area (Å²) in [5.74, 6) is 0.0863. The van der Waals surface area contributed by atoms with Crippen LogP contribution in [-0.2, 0) is 19.1 Å². The average Bonchev–Trinajstić information content (AvgIpc) is 2.52. The number of unbranched alkanes of at least 4 members (excludes halogenated alkanes) is 4. The molecular weight excluding hydrogens is 452 g/mol. The van der Waals surface area contributed by atoms with Gasteiger partial charge in [-0.2, -0.15) is 0 Å². The first kappa shape index (κ1) is 24.9.